The van der Waals surface area contributed by atoms with Crippen LogP contribution in [-0.4, -0.2) is 37.1 Å². The molecule has 2 aromatic carbocycles. The van der Waals surface area contributed by atoms with E-state index in [9.17, 15) is 4.79 Å². The van der Waals surface area contributed by atoms with Crippen molar-refractivity contribution in [1.29, 1.82) is 0 Å². The molecule has 0 saturated heterocycles. The highest BCUT2D eigenvalue weighted by Crippen LogP contribution is 2.32. The van der Waals surface area contributed by atoms with E-state index in [0.29, 0.717) is 12.1 Å². The molecule has 0 saturated carbocycles. The van der Waals surface area contributed by atoms with Gasteiger partial charge in [0.2, 0.25) is 0 Å². The molecule has 1 N–H and O–H groups in total. The van der Waals surface area contributed by atoms with E-state index in [1.54, 1.807) is 11.3 Å². The Bertz CT molecular complexity index is 958. The first kappa shape index (κ1) is 20.5. The van der Waals surface area contributed by atoms with Gasteiger partial charge in [-0.25, -0.2) is 4.98 Å². The number of amides is 1. The second-order valence-corrected chi connectivity index (χ2v) is 8.39. The number of carbonyl (C=O) groups is 1. The highest BCUT2D eigenvalue weighted by atomic mass is 32.1. The van der Waals surface area contributed by atoms with Crippen LogP contribution in [0.2, 0.25) is 0 Å². The van der Waals surface area contributed by atoms with E-state index in [1.165, 1.54) is 16.0 Å². The van der Waals surface area contributed by atoms with Crippen molar-refractivity contribution in [3.8, 4) is 0 Å². The molecule has 1 amide bonds. The monoisotopic (exact) mass is 396 g/mol. The predicted molar refractivity (Wildman–Crippen MR) is 119 cm³/mol. The van der Waals surface area contributed by atoms with Crippen molar-refractivity contribution in [3.63, 3.8) is 0 Å². The lowest BCUT2D eigenvalue weighted by atomic mass is 10.1. The molecule has 0 radical (unpaired) electrons. The topological polar surface area (TPSA) is 37.6 Å². The van der Waals surface area contributed by atoms with Crippen LogP contribution in [0.3, 0.4) is 0 Å². The van der Waals surface area contributed by atoms with Crippen molar-refractivity contribution >= 4 is 32.6 Å². The number of rotatable bonds is 7. The third-order valence-corrected chi connectivity index (χ3v) is 6.58. The molecule has 28 heavy (non-hydrogen) atoms. The molecule has 1 heterocycles. The van der Waals surface area contributed by atoms with Crippen LogP contribution >= 0.6 is 11.3 Å². The fraction of sp³-hybridized carbons (Fsp3) is 0.391. The van der Waals surface area contributed by atoms with Crippen molar-refractivity contribution in [2.75, 3.05) is 31.1 Å². The highest BCUT2D eigenvalue weighted by molar-refractivity contribution is 7.22. The number of anilines is 1. The Kier molecular flexibility index (Phi) is 6.47. The van der Waals surface area contributed by atoms with Gasteiger partial charge in [-0.05, 0) is 63.9 Å². The average molecular weight is 397 g/mol. The van der Waals surface area contributed by atoms with Gasteiger partial charge in [0.05, 0.1) is 36.4 Å². The van der Waals surface area contributed by atoms with Crippen LogP contribution in [-0.2, 0) is 0 Å². The smallest absolute Gasteiger partial charge is 0.260 e. The summed E-state index contributed by atoms with van der Waals surface area (Å²) in [4.78, 5) is 21.6. The lowest BCUT2D eigenvalue weighted by Gasteiger charge is -2.23. The van der Waals surface area contributed by atoms with Gasteiger partial charge >= 0.3 is 0 Å². The molecule has 0 unspecified atom stereocenters. The summed E-state index contributed by atoms with van der Waals surface area (Å²) in [5.41, 5.74) is 5.30. The molecular weight excluding hydrogens is 366 g/mol. The number of aromatic nitrogens is 1. The maximum absolute atomic E-state index is 13.4. The zero-order valence-corrected chi connectivity index (χ0v) is 18.3. The zero-order chi connectivity index (χ0) is 20.3. The summed E-state index contributed by atoms with van der Waals surface area (Å²) in [6.07, 6.45) is 0. The maximum Gasteiger partial charge on any atom is 0.260 e. The van der Waals surface area contributed by atoms with Crippen LogP contribution in [0.1, 0.15) is 40.9 Å². The van der Waals surface area contributed by atoms with E-state index in [-0.39, 0.29) is 5.91 Å². The molecule has 0 atom stereocenters. The van der Waals surface area contributed by atoms with Crippen molar-refractivity contribution in [2.45, 2.75) is 34.6 Å². The summed E-state index contributed by atoms with van der Waals surface area (Å²) in [5, 5.41) is 0.792. The molecule has 0 spiro atoms. The van der Waals surface area contributed by atoms with Gasteiger partial charge in [-0.15, -0.1) is 0 Å². The lowest BCUT2D eigenvalue weighted by Crippen LogP contribution is -3.12. The first-order chi connectivity index (χ1) is 13.4. The fourth-order valence-corrected chi connectivity index (χ4v) is 4.39. The van der Waals surface area contributed by atoms with Crippen LogP contribution < -0.4 is 9.80 Å². The number of aryl methyl sites for hydroxylation is 3. The van der Waals surface area contributed by atoms with E-state index < -0.39 is 0 Å². The lowest BCUT2D eigenvalue weighted by molar-refractivity contribution is -0.894. The fourth-order valence-electron chi connectivity index (χ4n) is 3.34. The molecule has 0 bridgehead atoms. The minimum absolute atomic E-state index is 0.0278. The third kappa shape index (κ3) is 4.26. The van der Waals surface area contributed by atoms with Gasteiger partial charge < -0.3 is 4.90 Å². The molecule has 0 aliphatic carbocycles. The second-order valence-electron chi connectivity index (χ2n) is 7.38. The average Bonchev–Trinajstić information content (AvgIpc) is 3.13. The largest absolute Gasteiger partial charge is 0.334 e. The van der Waals surface area contributed by atoms with Crippen LogP contribution in [0, 0.1) is 20.8 Å². The van der Waals surface area contributed by atoms with Crippen molar-refractivity contribution in [1.82, 2.24) is 4.98 Å². The minimum atomic E-state index is 0.0278. The van der Waals surface area contributed by atoms with Crippen LogP contribution in [0.15, 0.2) is 36.4 Å². The van der Waals surface area contributed by atoms with Crippen LogP contribution in [0.5, 0.6) is 0 Å². The number of thiazole rings is 1. The van der Waals surface area contributed by atoms with Crippen LogP contribution in [0.25, 0.3) is 10.2 Å². The molecule has 148 valence electrons. The van der Waals surface area contributed by atoms with E-state index in [0.717, 1.165) is 40.5 Å². The number of nitrogens with zero attached hydrogens (tertiary/aromatic N) is 2. The number of likely N-dealkylation sites (N-methyl/N-ethyl adjacent to an activating group) is 1. The summed E-state index contributed by atoms with van der Waals surface area (Å²) in [7, 11) is 0. The van der Waals surface area contributed by atoms with Gasteiger partial charge in [0.15, 0.2) is 5.13 Å². The molecule has 4 nitrogen and oxygen atoms in total. The van der Waals surface area contributed by atoms with Crippen molar-refractivity contribution < 1.29 is 9.69 Å². The summed E-state index contributed by atoms with van der Waals surface area (Å²) in [6, 6.07) is 12.1. The third-order valence-electron chi connectivity index (χ3n) is 5.54. The van der Waals surface area contributed by atoms with E-state index >= 15 is 0 Å². The van der Waals surface area contributed by atoms with Gasteiger partial charge in [0, 0.05) is 5.56 Å². The molecule has 5 heteroatoms. The Balaban J connectivity index is 1.98. The molecule has 0 fully saturated rings. The summed E-state index contributed by atoms with van der Waals surface area (Å²) in [6.45, 7) is 14.3. The van der Waals surface area contributed by atoms with E-state index in [2.05, 4.69) is 39.8 Å². The molecular formula is C23H30N3OS+. The quantitative estimate of drug-likeness (QED) is 0.660. The van der Waals surface area contributed by atoms with Gasteiger partial charge in [0.1, 0.15) is 0 Å². The van der Waals surface area contributed by atoms with Gasteiger partial charge in [-0.3, -0.25) is 9.69 Å². The van der Waals surface area contributed by atoms with Gasteiger partial charge in [-0.1, -0.05) is 35.1 Å². The molecule has 1 aromatic heterocycles. The van der Waals surface area contributed by atoms with Crippen molar-refractivity contribution in [2.24, 2.45) is 0 Å². The van der Waals surface area contributed by atoms with Gasteiger partial charge in [0.25, 0.3) is 5.91 Å². The summed E-state index contributed by atoms with van der Waals surface area (Å²) < 4.78 is 1.13. The Hall–Kier alpha value is -2.24. The highest BCUT2D eigenvalue weighted by Gasteiger charge is 2.23. The molecule has 0 aliphatic heterocycles. The first-order valence-electron chi connectivity index (χ1n) is 10.0. The van der Waals surface area contributed by atoms with Crippen molar-refractivity contribution in [3.05, 3.63) is 58.7 Å². The normalized spacial score (nSPS) is 11.4. The Morgan fingerprint density at radius 1 is 1.04 bits per heavy atom. The van der Waals surface area contributed by atoms with Crippen LogP contribution in [0.4, 0.5) is 5.13 Å². The number of quaternary nitrogens is 1. The maximum atomic E-state index is 13.4. The Morgan fingerprint density at radius 3 is 2.36 bits per heavy atom. The zero-order valence-electron chi connectivity index (χ0n) is 17.5. The standard InChI is InChI=1S/C23H29N3OS/c1-6-25(7-2)14-15-26(22(27)19-11-8-16(3)9-12-19)23-24-21-18(5)17(4)10-13-20(21)28-23/h8-13H,6-7,14-15H2,1-5H3/p+1. The number of hydrogen-bond donors (Lipinski definition) is 1. The first-order valence-corrected chi connectivity index (χ1v) is 10.8. The number of nitrogens with one attached hydrogen (secondary N) is 1. The SMILES string of the molecule is CC[NH+](CC)CCN(C(=O)c1ccc(C)cc1)c1nc2c(C)c(C)ccc2s1. The van der Waals surface area contributed by atoms with Gasteiger partial charge in [-0.2, -0.15) is 0 Å². The summed E-state index contributed by atoms with van der Waals surface area (Å²) >= 11 is 1.61. The molecule has 3 aromatic rings. The minimum Gasteiger partial charge on any atom is -0.334 e. The van der Waals surface area contributed by atoms with E-state index in [1.807, 2.05) is 36.1 Å². The number of benzene rings is 2. The Labute approximate surface area is 171 Å². The Morgan fingerprint density at radius 2 is 1.71 bits per heavy atom. The van der Waals surface area contributed by atoms with E-state index in [4.69, 9.17) is 4.98 Å². The number of hydrogen-bond acceptors (Lipinski definition) is 3. The second kappa shape index (κ2) is 8.84. The number of fused-ring (bicyclic) bond motifs is 1. The molecule has 0 aliphatic rings. The number of carbonyl (C=O) groups excluding carboxylic acids is 1. The summed E-state index contributed by atoms with van der Waals surface area (Å²) in [5.74, 6) is 0.0278. The molecule has 3 rings (SSSR count). The predicted octanol–water partition coefficient (Wildman–Crippen LogP) is 3.79.